The van der Waals surface area contributed by atoms with E-state index in [1.54, 1.807) is 18.3 Å². The fourth-order valence-corrected chi connectivity index (χ4v) is 1.28. The molecule has 0 atom stereocenters. The van der Waals surface area contributed by atoms with Crippen molar-refractivity contribution in [3.05, 3.63) is 23.9 Å². The molecule has 0 spiro atoms. The van der Waals surface area contributed by atoms with Gasteiger partial charge in [0.1, 0.15) is 5.82 Å². The maximum atomic E-state index is 12.2. The van der Waals surface area contributed by atoms with Gasteiger partial charge in [0.05, 0.1) is 13.2 Å². The molecule has 1 aromatic rings. The summed E-state index contributed by atoms with van der Waals surface area (Å²) in [7, 11) is 0. The number of nitrogens with zero attached hydrogens (tertiary/aromatic N) is 2. The van der Waals surface area contributed by atoms with Gasteiger partial charge in [-0.25, -0.2) is 13.8 Å². The third kappa shape index (κ3) is 3.79. The standard InChI is InChI=1S/C10H14F2N2O/c1-8-2-3-13-10(6-8)14(4-5-15)7-9(11)12/h2-3,6,9,15H,4-5,7H2,1H3. The van der Waals surface area contributed by atoms with Crippen molar-refractivity contribution in [1.82, 2.24) is 4.98 Å². The van der Waals surface area contributed by atoms with Crippen LogP contribution >= 0.6 is 0 Å². The predicted octanol–water partition coefficient (Wildman–Crippen LogP) is 1.45. The number of rotatable bonds is 5. The van der Waals surface area contributed by atoms with Gasteiger partial charge in [-0.15, -0.1) is 0 Å². The summed E-state index contributed by atoms with van der Waals surface area (Å²) in [6.45, 7) is 1.46. The van der Waals surface area contributed by atoms with E-state index in [1.165, 1.54) is 4.90 Å². The van der Waals surface area contributed by atoms with Gasteiger partial charge in [0.2, 0.25) is 0 Å². The first-order chi connectivity index (χ1) is 7.13. The molecule has 0 saturated carbocycles. The Morgan fingerprint density at radius 2 is 2.27 bits per heavy atom. The highest BCUT2D eigenvalue weighted by Gasteiger charge is 2.13. The molecule has 0 amide bonds. The van der Waals surface area contributed by atoms with Crippen LogP contribution in [0.5, 0.6) is 0 Å². The van der Waals surface area contributed by atoms with Gasteiger partial charge in [0.25, 0.3) is 6.43 Å². The Kier molecular flexibility index (Phi) is 4.42. The molecule has 0 aliphatic rings. The van der Waals surface area contributed by atoms with Crippen molar-refractivity contribution in [1.29, 1.82) is 0 Å². The third-order valence-corrected chi connectivity index (χ3v) is 1.95. The van der Waals surface area contributed by atoms with Crippen LogP contribution in [0, 0.1) is 6.92 Å². The molecule has 3 nitrogen and oxygen atoms in total. The van der Waals surface area contributed by atoms with Gasteiger partial charge in [0.15, 0.2) is 0 Å². The first kappa shape index (κ1) is 11.8. The van der Waals surface area contributed by atoms with Gasteiger partial charge in [-0.3, -0.25) is 0 Å². The molecule has 0 bridgehead atoms. The molecular weight excluding hydrogens is 202 g/mol. The van der Waals surface area contributed by atoms with E-state index in [-0.39, 0.29) is 13.2 Å². The molecule has 0 aliphatic carbocycles. The van der Waals surface area contributed by atoms with E-state index < -0.39 is 13.0 Å². The number of hydrogen-bond donors (Lipinski definition) is 1. The molecule has 5 heteroatoms. The van der Waals surface area contributed by atoms with Crippen molar-refractivity contribution in [2.24, 2.45) is 0 Å². The minimum atomic E-state index is -2.43. The van der Waals surface area contributed by atoms with Crippen molar-refractivity contribution in [2.75, 3.05) is 24.6 Å². The Balaban J connectivity index is 2.78. The topological polar surface area (TPSA) is 36.4 Å². The maximum Gasteiger partial charge on any atom is 0.255 e. The zero-order valence-electron chi connectivity index (χ0n) is 8.53. The number of aliphatic hydroxyl groups is 1. The highest BCUT2D eigenvalue weighted by molar-refractivity contribution is 5.40. The smallest absolute Gasteiger partial charge is 0.255 e. The fraction of sp³-hybridized carbons (Fsp3) is 0.500. The monoisotopic (exact) mass is 216 g/mol. The third-order valence-electron chi connectivity index (χ3n) is 1.95. The van der Waals surface area contributed by atoms with Crippen LogP contribution < -0.4 is 4.90 Å². The van der Waals surface area contributed by atoms with Gasteiger partial charge in [0, 0.05) is 12.7 Å². The number of anilines is 1. The first-order valence-electron chi connectivity index (χ1n) is 4.70. The van der Waals surface area contributed by atoms with Gasteiger partial charge < -0.3 is 10.0 Å². The number of halogens is 2. The van der Waals surface area contributed by atoms with Crippen LogP contribution in [-0.4, -0.2) is 36.2 Å². The average Bonchev–Trinajstić information content (AvgIpc) is 2.16. The second-order valence-electron chi connectivity index (χ2n) is 3.25. The Hall–Kier alpha value is -1.23. The molecule has 1 rings (SSSR count). The van der Waals surface area contributed by atoms with Crippen LogP contribution in [0.4, 0.5) is 14.6 Å². The van der Waals surface area contributed by atoms with E-state index in [1.807, 2.05) is 6.92 Å². The van der Waals surface area contributed by atoms with Gasteiger partial charge in [-0.1, -0.05) is 0 Å². The zero-order valence-corrected chi connectivity index (χ0v) is 8.53. The van der Waals surface area contributed by atoms with E-state index in [2.05, 4.69) is 4.98 Å². The summed E-state index contributed by atoms with van der Waals surface area (Å²) in [5.74, 6) is 0.476. The Morgan fingerprint density at radius 1 is 1.53 bits per heavy atom. The Bertz CT molecular complexity index is 307. The molecule has 0 fully saturated rings. The predicted molar refractivity (Wildman–Crippen MR) is 54.3 cm³/mol. The van der Waals surface area contributed by atoms with Crippen molar-refractivity contribution in [3.8, 4) is 0 Å². The number of alkyl halides is 2. The van der Waals surface area contributed by atoms with Gasteiger partial charge >= 0.3 is 0 Å². The summed E-state index contributed by atoms with van der Waals surface area (Å²) < 4.78 is 24.5. The SMILES string of the molecule is Cc1ccnc(N(CCO)CC(F)F)c1. The van der Waals surface area contributed by atoms with Gasteiger partial charge in [-0.05, 0) is 24.6 Å². The molecule has 0 radical (unpaired) electrons. The second-order valence-corrected chi connectivity index (χ2v) is 3.25. The molecule has 15 heavy (non-hydrogen) atoms. The van der Waals surface area contributed by atoms with Crippen LogP contribution in [0.25, 0.3) is 0 Å². The van der Waals surface area contributed by atoms with E-state index in [0.717, 1.165) is 5.56 Å². The maximum absolute atomic E-state index is 12.2. The van der Waals surface area contributed by atoms with E-state index in [4.69, 9.17) is 5.11 Å². The normalized spacial score (nSPS) is 10.7. The first-order valence-corrected chi connectivity index (χ1v) is 4.70. The lowest BCUT2D eigenvalue weighted by Crippen LogP contribution is -2.32. The molecule has 0 aromatic carbocycles. The number of aryl methyl sites for hydroxylation is 1. The number of pyridine rings is 1. The largest absolute Gasteiger partial charge is 0.395 e. The summed E-state index contributed by atoms with van der Waals surface area (Å²) in [6, 6.07) is 3.51. The van der Waals surface area contributed by atoms with E-state index in [0.29, 0.717) is 5.82 Å². The van der Waals surface area contributed by atoms with Crippen LogP contribution in [0.2, 0.25) is 0 Å². The number of hydrogen-bond acceptors (Lipinski definition) is 3. The summed E-state index contributed by atoms with van der Waals surface area (Å²) in [5.41, 5.74) is 0.956. The lowest BCUT2D eigenvalue weighted by Gasteiger charge is -2.22. The van der Waals surface area contributed by atoms with Crippen molar-refractivity contribution in [2.45, 2.75) is 13.3 Å². The Morgan fingerprint density at radius 3 is 2.80 bits per heavy atom. The molecule has 1 heterocycles. The fourth-order valence-electron chi connectivity index (χ4n) is 1.28. The highest BCUT2D eigenvalue weighted by Crippen LogP contribution is 2.13. The van der Waals surface area contributed by atoms with Crippen LogP contribution in [0.1, 0.15) is 5.56 Å². The molecular formula is C10H14F2N2O. The van der Waals surface area contributed by atoms with Crippen molar-refractivity contribution < 1.29 is 13.9 Å². The summed E-state index contributed by atoms with van der Waals surface area (Å²) in [6.07, 6.45) is -0.862. The van der Waals surface area contributed by atoms with E-state index in [9.17, 15) is 8.78 Å². The summed E-state index contributed by atoms with van der Waals surface area (Å²) in [4.78, 5) is 5.37. The molecule has 0 saturated heterocycles. The lowest BCUT2D eigenvalue weighted by molar-refractivity contribution is 0.152. The molecule has 0 aliphatic heterocycles. The van der Waals surface area contributed by atoms with Crippen molar-refractivity contribution in [3.63, 3.8) is 0 Å². The molecule has 1 aromatic heterocycles. The average molecular weight is 216 g/mol. The summed E-state index contributed by atoms with van der Waals surface area (Å²) in [5, 5.41) is 8.77. The zero-order chi connectivity index (χ0) is 11.3. The minimum absolute atomic E-state index is 0.164. The quantitative estimate of drug-likeness (QED) is 0.809. The number of aromatic nitrogens is 1. The van der Waals surface area contributed by atoms with Crippen LogP contribution in [0.15, 0.2) is 18.3 Å². The Labute approximate surface area is 87.4 Å². The molecule has 0 unspecified atom stereocenters. The minimum Gasteiger partial charge on any atom is -0.395 e. The summed E-state index contributed by atoms with van der Waals surface area (Å²) >= 11 is 0. The molecule has 1 N–H and O–H groups in total. The molecule has 84 valence electrons. The van der Waals surface area contributed by atoms with Gasteiger partial charge in [-0.2, -0.15) is 0 Å². The highest BCUT2D eigenvalue weighted by atomic mass is 19.3. The van der Waals surface area contributed by atoms with E-state index >= 15 is 0 Å². The second kappa shape index (κ2) is 5.60. The van der Waals surface area contributed by atoms with Crippen LogP contribution in [-0.2, 0) is 0 Å². The van der Waals surface area contributed by atoms with Crippen molar-refractivity contribution >= 4 is 5.82 Å². The lowest BCUT2D eigenvalue weighted by atomic mass is 10.3. The number of aliphatic hydroxyl groups excluding tert-OH is 1. The van der Waals surface area contributed by atoms with Crippen LogP contribution in [0.3, 0.4) is 0 Å².